The number of pyridine rings is 2. The summed E-state index contributed by atoms with van der Waals surface area (Å²) >= 11 is 0. The second kappa shape index (κ2) is 10.2. The summed E-state index contributed by atoms with van der Waals surface area (Å²) in [5, 5.41) is 4.36. The van der Waals surface area contributed by atoms with Crippen LogP contribution in [-0.4, -0.2) is 27.4 Å². The van der Waals surface area contributed by atoms with Gasteiger partial charge in [-0.1, -0.05) is 19.6 Å². The summed E-state index contributed by atoms with van der Waals surface area (Å²) in [7, 11) is 0. The zero-order valence-corrected chi connectivity index (χ0v) is 19.2. The van der Waals surface area contributed by atoms with E-state index in [1.54, 1.807) is 39.2 Å². The lowest BCUT2D eigenvalue weighted by Gasteiger charge is -2.19. The number of allylic oxidation sites excluding steroid dienone is 5. The zero-order chi connectivity index (χ0) is 23.2. The van der Waals surface area contributed by atoms with Gasteiger partial charge in [0, 0.05) is 35.2 Å². The van der Waals surface area contributed by atoms with Gasteiger partial charge in [-0.2, -0.15) is 0 Å². The maximum absolute atomic E-state index is 12.1. The van der Waals surface area contributed by atoms with E-state index in [-0.39, 0.29) is 5.78 Å². The van der Waals surface area contributed by atoms with E-state index in [4.69, 9.17) is 4.74 Å². The molecule has 0 saturated heterocycles. The minimum absolute atomic E-state index is 0.0537. The Labute approximate surface area is 184 Å². The number of carbonyl (C=O) groups is 2. The molecule has 6 heteroatoms. The molecule has 0 unspecified atom stereocenters. The Hall–Kier alpha value is -3.28. The van der Waals surface area contributed by atoms with Gasteiger partial charge < -0.3 is 4.74 Å². The summed E-state index contributed by atoms with van der Waals surface area (Å²) in [6, 6.07) is 3.68. The number of amides is 1. The highest BCUT2D eigenvalue weighted by molar-refractivity contribution is 5.98. The number of hydrogen-bond donors (Lipinski definition) is 1. The number of ketones is 1. The van der Waals surface area contributed by atoms with E-state index < -0.39 is 11.7 Å². The molecule has 0 aliphatic rings. The number of anilines is 1. The van der Waals surface area contributed by atoms with Crippen molar-refractivity contribution in [3.05, 3.63) is 60.1 Å². The second-order valence-electron chi connectivity index (χ2n) is 8.34. The lowest BCUT2D eigenvalue weighted by Crippen LogP contribution is -2.27. The fourth-order valence-electron chi connectivity index (χ4n) is 3.05. The number of fused-ring (bicyclic) bond motifs is 1. The maximum Gasteiger partial charge on any atom is 0.413 e. The molecule has 2 heterocycles. The average molecular weight is 422 g/mol. The third-order valence-corrected chi connectivity index (χ3v) is 4.45. The number of rotatable bonds is 7. The largest absolute Gasteiger partial charge is 0.444 e. The molecule has 1 N–H and O–H groups in total. The van der Waals surface area contributed by atoms with Crippen LogP contribution in [0.3, 0.4) is 0 Å². The van der Waals surface area contributed by atoms with E-state index >= 15 is 0 Å². The standard InChI is InChI=1S/C25H31N3O3/c1-8-10-22(29)17(4)11-16(3)20(9-2)21-12-18-15-27-23(13-19(18)14-26-21)28-24(30)31-25(5,6)7/h9,11-15H,4,8,10H2,1-3,5-7H3,(H,27,28,30)/b16-11-,20-9+. The fourth-order valence-corrected chi connectivity index (χ4v) is 3.05. The lowest BCUT2D eigenvalue weighted by molar-refractivity contribution is -0.115. The minimum atomic E-state index is -0.585. The van der Waals surface area contributed by atoms with Gasteiger partial charge in [0.05, 0.1) is 5.69 Å². The van der Waals surface area contributed by atoms with E-state index in [2.05, 4.69) is 21.9 Å². The molecule has 0 spiro atoms. The average Bonchev–Trinajstić information content (AvgIpc) is 2.67. The Kier molecular flexibility index (Phi) is 7.86. The highest BCUT2D eigenvalue weighted by Crippen LogP contribution is 2.26. The van der Waals surface area contributed by atoms with Crippen LogP contribution in [0.15, 0.2) is 54.4 Å². The van der Waals surface area contributed by atoms with Gasteiger partial charge in [0.1, 0.15) is 11.4 Å². The number of aromatic nitrogens is 2. The number of nitrogens with zero attached hydrogens (tertiary/aromatic N) is 2. The van der Waals surface area contributed by atoms with Crippen molar-refractivity contribution in [1.29, 1.82) is 0 Å². The van der Waals surface area contributed by atoms with Crippen molar-refractivity contribution in [2.24, 2.45) is 0 Å². The Morgan fingerprint density at radius 3 is 2.42 bits per heavy atom. The summed E-state index contributed by atoms with van der Waals surface area (Å²) in [6.45, 7) is 15.2. The molecule has 1 amide bonds. The summed E-state index contributed by atoms with van der Waals surface area (Å²) in [5.74, 6) is 0.447. The van der Waals surface area contributed by atoms with Gasteiger partial charge in [-0.3, -0.25) is 15.1 Å². The van der Waals surface area contributed by atoms with Crippen molar-refractivity contribution in [2.45, 2.75) is 60.0 Å². The van der Waals surface area contributed by atoms with E-state index in [1.807, 2.05) is 39.0 Å². The second-order valence-corrected chi connectivity index (χ2v) is 8.34. The molecule has 0 aliphatic heterocycles. The Morgan fingerprint density at radius 1 is 1.16 bits per heavy atom. The Balaban J connectivity index is 2.26. The zero-order valence-electron chi connectivity index (χ0n) is 19.2. The molecule has 0 radical (unpaired) electrons. The smallest absolute Gasteiger partial charge is 0.413 e. The molecular weight excluding hydrogens is 390 g/mol. The summed E-state index contributed by atoms with van der Waals surface area (Å²) in [4.78, 5) is 32.9. The van der Waals surface area contributed by atoms with Crippen molar-refractivity contribution >= 4 is 34.0 Å². The Bertz CT molecular complexity index is 1060. The number of hydrogen-bond acceptors (Lipinski definition) is 5. The molecule has 164 valence electrons. The van der Waals surface area contributed by atoms with E-state index in [0.29, 0.717) is 17.8 Å². The quantitative estimate of drug-likeness (QED) is 0.422. The Morgan fingerprint density at radius 2 is 1.81 bits per heavy atom. The van der Waals surface area contributed by atoms with Gasteiger partial charge in [0.15, 0.2) is 5.78 Å². The minimum Gasteiger partial charge on any atom is -0.444 e. The molecule has 0 aliphatic carbocycles. The van der Waals surface area contributed by atoms with Crippen LogP contribution < -0.4 is 5.32 Å². The summed E-state index contributed by atoms with van der Waals surface area (Å²) in [5.41, 5.74) is 2.52. The van der Waals surface area contributed by atoms with Gasteiger partial charge in [-0.25, -0.2) is 9.78 Å². The van der Waals surface area contributed by atoms with Crippen molar-refractivity contribution in [1.82, 2.24) is 9.97 Å². The molecule has 0 aromatic carbocycles. The lowest BCUT2D eigenvalue weighted by atomic mass is 9.98. The molecule has 0 atom stereocenters. The SMILES string of the molecule is C=C(/C=C(C)\C(=C/C)c1cc2cnc(NC(=O)OC(C)(C)C)cc2cn1)C(=O)CCC. The molecule has 2 aromatic rings. The predicted molar refractivity (Wildman–Crippen MR) is 126 cm³/mol. The van der Waals surface area contributed by atoms with Crippen molar-refractivity contribution in [3.63, 3.8) is 0 Å². The summed E-state index contributed by atoms with van der Waals surface area (Å²) < 4.78 is 5.26. The first-order valence-corrected chi connectivity index (χ1v) is 10.4. The fraction of sp³-hybridized carbons (Fsp3) is 0.360. The first-order valence-electron chi connectivity index (χ1n) is 10.4. The van der Waals surface area contributed by atoms with Crippen LogP contribution in [0.25, 0.3) is 16.3 Å². The molecule has 2 rings (SSSR count). The first-order chi connectivity index (χ1) is 14.5. The van der Waals surface area contributed by atoms with Gasteiger partial charge >= 0.3 is 6.09 Å². The third kappa shape index (κ3) is 6.88. The van der Waals surface area contributed by atoms with Crippen LogP contribution in [0.1, 0.15) is 60.1 Å². The van der Waals surface area contributed by atoms with E-state index in [0.717, 1.165) is 34.0 Å². The van der Waals surface area contributed by atoms with Crippen LogP contribution in [0.5, 0.6) is 0 Å². The van der Waals surface area contributed by atoms with Crippen LogP contribution >= 0.6 is 0 Å². The number of nitrogens with one attached hydrogen (secondary N) is 1. The number of Topliss-reactive ketones (excluding diaryl/α,β-unsaturated/α-hetero) is 1. The topological polar surface area (TPSA) is 81.2 Å². The number of ether oxygens (including phenoxy) is 1. The van der Waals surface area contributed by atoms with Gasteiger partial charge in [0.25, 0.3) is 0 Å². The molecule has 0 fully saturated rings. The third-order valence-electron chi connectivity index (χ3n) is 4.45. The molecule has 31 heavy (non-hydrogen) atoms. The van der Waals surface area contributed by atoms with Crippen LogP contribution in [0, 0.1) is 0 Å². The highest BCUT2D eigenvalue weighted by atomic mass is 16.6. The highest BCUT2D eigenvalue weighted by Gasteiger charge is 2.17. The summed E-state index contributed by atoms with van der Waals surface area (Å²) in [6.07, 6.45) is 7.93. The van der Waals surface area contributed by atoms with Gasteiger partial charge in [-0.05, 0) is 70.4 Å². The van der Waals surface area contributed by atoms with E-state index in [1.165, 1.54) is 0 Å². The van der Waals surface area contributed by atoms with E-state index in [9.17, 15) is 9.59 Å². The van der Waals surface area contributed by atoms with Crippen LogP contribution in [-0.2, 0) is 9.53 Å². The molecule has 0 saturated carbocycles. The monoisotopic (exact) mass is 421 g/mol. The number of carbonyl (C=O) groups excluding carboxylic acids is 2. The van der Waals surface area contributed by atoms with Gasteiger partial charge in [-0.15, -0.1) is 0 Å². The van der Waals surface area contributed by atoms with Crippen LogP contribution in [0.4, 0.5) is 10.6 Å². The first kappa shape index (κ1) is 24.0. The molecular formula is C25H31N3O3. The van der Waals surface area contributed by atoms with Crippen molar-refractivity contribution < 1.29 is 14.3 Å². The predicted octanol–water partition coefficient (Wildman–Crippen LogP) is 6.25. The molecule has 6 nitrogen and oxygen atoms in total. The van der Waals surface area contributed by atoms with Crippen molar-refractivity contribution in [2.75, 3.05) is 5.32 Å². The van der Waals surface area contributed by atoms with Crippen LogP contribution in [0.2, 0.25) is 0 Å². The van der Waals surface area contributed by atoms with Gasteiger partial charge in [0.2, 0.25) is 0 Å². The van der Waals surface area contributed by atoms with Crippen molar-refractivity contribution in [3.8, 4) is 0 Å². The normalized spacial score (nSPS) is 12.6. The molecule has 0 bridgehead atoms. The maximum atomic E-state index is 12.1. The molecule has 2 aromatic heterocycles.